The Morgan fingerprint density at radius 1 is 0.467 bits per heavy atom. The van der Waals surface area contributed by atoms with Gasteiger partial charge in [0.05, 0.1) is 5.52 Å². The molecule has 8 aromatic rings. The van der Waals surface area contributed by atoms with Crippen molar-refractivity contribution in [2.75, 3.05) is 0 Å². The van der Waals surface area contributed by atoms with Gasteiger partial charge in [0.25, 0.3) is 0 Å². The van der Waals surface area contributed by atoms with E-state index in [2.05, 4.69) is 171 Å². The number of aryl methyl sites for hydroxylation is 1. The maximum Gasteiger partial charge on any atom is 0.0531 e. The molecule has 1 aliphatic rings. The first kappa shape index (κ1) is 26.0. The highest BCUT2D eigenvalue weighted by Gasteiger charge is 2.36. The van der Waals surface area contributed by atoms with Crippen LogP contribution in [0.15, 0.2) is 146 Å². The van der Waals surface area contributed by atoms with Gasteiger partial charge in [-0.05, 0) is 115 Å². The van der Waals surface area contributed by atoms with Gasteiger partial charge >= 0.3 is 0 Å². The molecule has 1 heteroatoms. The maximum absolute atomic E-state index is 2.42. The van der Waals surface area contributed by atoms with Crippen molar-refractivity contribution in [2.45, 2.75) is 26.2 Å². The van der Waals surface area contributed by atoms with Crippen LogP contribution in [-0.4, -0.2) is 4.57 Å². The molecule has 1 heterocycles. The van der Waals surface area contributed by atoms with Crippen LogP contribution in [0.2, 0.25) is 0 Å². The predicted molar refractivity (Wildman–Crippen MR) is 191 cm³/mol. The topological polar surface area (TPSA) is 4.93 Å². The van der Waals surface area contributed by atoms with Crippen LogP contribution < -0.4 is 0 Å². The molecule has 9 rings (SSSR count). The molecule has 0 aliphatic heterocycles. The number of fused-ring (bicyclic) bond motifs is 7. The summed E-state index contributed by atoms with van der Waals surface area (Å²) in [4.78, 5) is 0. The fraction of sp³-hybridized carbons (Fsp3) is 0.0909. The van der Waals surface area contributed by atoms with E-state index in [1.807, 2.05) is 0 Å². The maximum atomic E-state index is 2.42. The first-order valence-electron chi connectivity index (χ1n) is 15.9. The van der Waals surface area contributed by atoms with Crippen LogP contribution in [0.3, 0.4) is 0 Å². The minimum absolute atomic E-state index is 0.0895. The average Bonchev–Trinajstić information content (AvgIpc) is 3.54. The summed E-state index contributed by atoms with van der Waals surface area (Å²) in [6.45, 7) is 6.98. The summed E-state index contributed by atoms with van der Waals surface area (Å²) >= 11 is 0. The summed E-state index contributed by atoms with van der Waals surface area (Å²) in [6, 6.07) is 51.6. The van der Waals surface area contributed by atoms with Gasteiger partial charge in [-0.1, -0.05) is 117 Å². The zero-order valence-electron chi connectivity index (χ0n) is 25.8. The second-order valence-corrected chi connectivity index (χ2v) is 13.1. The number of nitrogens with zero attached hydrogens (tertiary/aromatic N) is 1. The van der Waals surface area contributed by atoms with Crippen molar-refractivity contribution in [3.8, 4) is 39.1 Å². The summed E-state index contributed by atoms with van der Waals surface area (Å²) in [5.74, 6) is 0. The van der Waals surface area contributed by atoms with Crippen molar-refractivity contribution in [3.05, 3.63) is 162 Å². The summed E-state index contributed by atoms with van der Waals surface area (Å²) in [7, 11) is 0. The smallest absolute Gasteiger partial charge is 0.0531 e. The quantitative estimate of drug-likeness (QED) is 0.185. The Morgan fingerprint density at radius 2 is 1.13 bits per heavy atom. The normalized spacial score (nSPS) is 13.4. The summed E-state index contributed by atoms with van der Waals surface area (Å²) < 4.78 is 2.38. The van der Waals surface area contributed by atoms with Gasteiger partial charge in [-0.3, -0.25) is 0 Å². The fourth-order valence-electron chi connectivity index (χ4n) is 7.75. The summed E-state index contributed by atoms with van der Waals surface area (Å²) in [5.41, 5.74) is 14.2. The Hall–Kier alpha value is -5.40. The molecule has 1 aromatic heterocycles. The fourth-order valence-corrected chi connectivity index (χ4v) is 7.75. The number of benzene rings is 7. The highest BCUT2D eigenvalue weighted by Crippen LogP contribution is 2.50. The van der Waals surface area contributed by atoms with E-state index in [1.165, 1.54) is 88.2 Å². The van der Waals surface area contributed by atoms with E-state index in [1.54, 1.807) is 0 Å². The van der Waals surface area contributed by atoms with E-state index in [4.69, 9.17) is 0 Å². The molecule has 1 aliphatic carbocycles. The molecule has 0 atom stereocenters. The lowest BCUT2D eigenvalue weighted by molar-refractivity contribution is 0.660. The monoisotopic (exact) mass is 575 g/mol. The Bertz CT molecular complexity index is 2460. The van der Waals surface area contributed by atoms with Crippen molar-refractivity contribution in [1.29, 1.82) is 0 Å². The predicted octanol–water partition coefficient (Wildman–Crippen LogP) is 11.9. The van der Waals surface area contributed by atoms with Crippen molar-refractivity contribution < 1.29 is 0 Å². The molecule has 0 unspecified atom stereocenters. The van der Waals surface area contributed by atoms with Crippen molar-refractivity contribution >= 4 is 32.4 Å². The SMILES string of the molecule is Cc1cn(-c2ccc3c(c2)C(C)(C)c2cc(-c4ccccc4)ccc2-3)c2ccc(-c3cc4ccccc4c4ccccc34)cc12. The van der Waals surface area contributed by atoms with E-state index in [9.17, 15) is 0 Å². The van der Waals surface area contributed by atoms with E-state index in [-0.39, 0.29) is 5.41 Å². The van der Waals surface area contributed by atoms with Crippen molar-refractivity contribution in [1.82, 2.24) is 4.57 Å². The molecule has 0 fully saturated rings. The number of rotatable bonds is 3. The molecule has 1 nitrogen and oxygen atoms in total. The lowest BCUT2D eigenvalue weighted by Crippen LogP contribution is -2.15. The zero-order chi connectivity index (χ0) is 30.3. The highest BCUT2D eigenvalue weighted by atomic mass is 15.0. The lowest BCUT2D eigenvalue weighted by Gasteiger charge is -2.23. The van der Waals surface area contributed by atoms with Crippen LogP contribution in [0.25, 0.3) is 71.5 Å². The minimum atomic E-state index is -0.0895. The number of hydrogen-bond donors (Lipinski definition) is 0. The van der Waals surface area contributed by atoms with Crippen LogP contribution >= 0.6 is 0 Å². The molecule has 45 heavy (non-hydrogen) atoms. The van der Waals surface area contributed by atoms with E-state index in [0.29, 0.717) is 0 Å². The first-order chi connectivity index (χ1) is 22.0. The van der Waals surface area contributed by atoms with Crippen molar-refractivity contribution in [2.24, 2.45) is 0 Å². The molecule has 0 spiro atoms. The van der Waals surface area contributed by atoms with Crippen LogP contribution in [0.1, 0.15) is 30.5 Å². The summed E-state index contributed by atoms with van der Waals surface area (Å²) in [6.07, 6.45) is 2.30. The van der Waals surface area contributed by atoms with Gasteiger partial charge in [0.1, 0.15) is 0 Å². The molecule has 0 amide bonds. The second-order valence-electron chi connectivity index (χ2n) is 13.1. The Morgan fingerprint density at radius 3 is 1.96 bits per heavy atom. The van der Waals surface area contributed by atoms with Gasteiger partial charge in [-0.15, -0.1) is 0 Å². The lowest BCUT2D eigenvalue weighted by atomic mass is 9.81. The molecule has 0 bridgehead atoms. The van der Waals surface area contributed by atoms with Gasteiger partial charge in [0.2, 0.25) is 0 Å². The standard InChI is InChI=1S/C44H33N/c1-28-27-45(33-19-21-38-37-20-17-30(29-11-5-4-6-12-29)25-41(37)44(2,3)42(38)26-33)43-22-18-32(23-39(28)43)40-24-31-13-7-8-14-34(31)35-15-9-10-16-36(35)40/h4-27H,1-3H3. The molecular weight excluding hydrogens is 542 g/mol. The molecule has 0 saturated heterocycles. The van der Waals surface area contributed by atoms with Gasteiger partial charge in [0.15, 0.2) is 0 Å². The molecule has 214 valence electrons. The van der Waals surface area contributed by atoms with Crippen LogP contribution in [0.4, 0.5) is 0 Å². The second kappa shape index (κ2) is 9.55. The molecule has 0 saturated carbocycles. The third-order valence-corrected chi connectivity index (χ3v) is 10.1. The summed E-state index contributed by atoms with van der Waals surface area (Å²) in [5, 5.41) is 6.47. The first-order valence-corrected chi connectivity index (χ1v) is 15.9. The third-order valence-electron chi connectivity index (χ3n) is 10.1. The number of aromatic nitrogens is 1. The molecular formula is C44H33N. The highest BCUT2D eigenvalue weighted by molar-refractivity contribution is 6.14. The molecule has 0 radical (unpaired) electrons. The Labute approximate surface area is 264 Å². The molecule has 0 N–H and O–H groups in total. The van der Waals surface area contributed by atoms with Crippen LogP contribution in [0, 0.1) is 6.92 Å². The van der Waals surface area contributed by atoms with E-state index >= 15 is 0 Å². The minimum Gasteiger partial charge on any atom is -0.316 e. The van der Waals surface area contributed by atoms with Crippen molar-refractivity contribution in [3.63, 3.8) is 0 Å². The van der Waals surface area contributed by atoms with E-state index in [0.717, 1.165) is 0 Å². The van der Waals surface area contributed by atoms with E-state index < -0.39 is 0 Å². The Balaban J connectivity index is 1.15. The van der Waals surface area contributed by atoms with Crippen LogP contribution in [-0.2, 0) is 5.41 Å². The van der Waals surface area contributed by atoms with Gasteiger partial charge < -0.3 is 4.57 Å². The third kappa shape index (κ3) is 3.87. The largest absolute Gasteiger partial charge is 0.316 e. The average molecular weight is 576 g/mol. The number of hydrogen-bond acceptors (Lipinski definition) is 0. The van der Waals surface area contributed by atoms with Gasteiger partial charge in [-0.2, -0.15) is 0 Å². The zero-order valence-corrected chi connectivity index (χ0v) is 25.8. The van der Waals surface area contributed by atoms with Crippen LogP contribution in [0.5, 0.6) is 0 Å². The van der Waals surface area contributed by atoms with Gasteiger partial charge in [-0.25, -0.2) is 0 Å². The molecule has 7 aromatic carbocycles. The Kier molecular flexibility index (Phi) is 5.53. The van der Waals surface area contributed by atoms with Gasteiger partial charge in [0, 0.05) is 22.7 Å².